The molecule has 36 heavy (non-hydrogen) atoms. The van der Waals surface area contributed by atoms with E-state index in [1.165, 1.54) is 49.4 Å². The number of sulfonamides is 1. The van der Waals surface area contributed by atoms with Gasteiger partial charge in [0.05, 0.1) is 10.5 Å². The first kappa shape index (κ1) is 25.1. The fraction of sp³-hybridized carbons (Fsp3) is 0.120. The second-order valence-corrected chi connectivity index (χ2v) is 9.62. The van der Waals surface area contributed by atoms with Gasteiger partial charge in [-0.1, -0.05) is 59.8 Å². The standard InChI is InChI=1S/C25H19F3N2O5S/c1-15(24(31)32)30-36(33,34)19-10-7-17(8-11-19)22-14-23(35-29-22)18-9-12-20(16-5-3-2-4-6-16)21(13-18)25(26,27)28/h2-15,30H,1H3,(H,31,32). The molecule has 0 aliphatic carbocycles. The van der Waals surface area contributed by atoms with Crippen molar-refractivity contribution < 1.29 is 36.0 Å². The number of carboxylic acids is 1. The maximum absolute atomic E-state index is 13.8. The lowest BCUT2D eigenvalue weighted by Crippen LogP contribution is -2.38. The van der Waals surface area contributed by atoms with Crippen molar-refractivity contribution in [2.24, 2.45) is 0 Å². The number of halogens is 3. The lowest BCUT2D eigenvalue weighted by Gasteiger charge is -2.14. The van der Waals surface area contributed by atoms with Crippen LogP contribution in [0.5, 0.6) is 0 Å². The van der Waals surface area contributed by atoms with Crippen LogP contribution >= 0.6 is 0 Å². The summed E-state index contributed by atoms with van der Waals surface area (Å²) in [6, 6.07) is 17.6. The minimum Gasteiger partial charge on any atom is -0.480 e. The van der Waals surface area contributed by atoms with Gasteiger partial charge in [0.15, 0.2) is 5.76 Å². The molecule has 0 aliphatic rings. The lowest BCUT2D eigenvalue weighted by atomic mass is 9.96. The van der Waals surface area contributed by atoms with Crippen LogP contribution in [0.15, 0.2) is 88.3 Å². The van der Waals surface area contributed by atoms with Crippen molar-refractivity contribution in [3.8, 4) is 33.7 Å². The number of nitrogens with one attached hydrogen (secondary N) is 1. The Morgan fingerprint density at radius 1 is 0.944 bits per heavy atom. The van der Waals surface area contributed by atoms with E-state index in [0.717, 1.165) is 6.07 Å². The van der Waals surface area contributed by atoms with E-state index in [0.29, 0.717) is 11.1 Å². The van der Waals surface area contributed by atoms with E-state index in [2.05, 4.69) is 5.16 Å². The van der Waals surface area contributed by atoms with Crippen LogP contribution in [0, 0.1) is 0 Å². The van der Waals surface area contributed by atoms with E-state index >= 15 is 0 Å². The number of carboxylic acid groups (broad SMARTS) is 1. The Labute approximate surface area is 204 Å². The summed E-state index contributed by atoms with van der Waals surface area (Å²) in [6.45, 7) is 1.20. The maximum Gasteiger partial charge on any atom is 0.417 e. The number of rotatable bonds is 7. The van der Waals surface area contributed by atoms with Gasteiger partial charge in [-0.25, -0.2) is 8.42 Å². The predicted octanol–water partition coefficient (Wildman–Crippen LogP) is 5.45. The van der Waals surface area contributed by atoms with Crippen LogP contribution in [0.4, 0.5) is 13.2 Å². The molecule has 0 bridgehead atoms. The number of aromatic nitrogens is 1. The molecule has 1 atom stereocenters. The van der Waals surface area contributed by atoms with E-state index in [1.807, 2.05) is 4.72 Å². The van der Waals surface area contributed by atoms with Gasteiger partial charge >= 0.3 is 12.1 Å². The van der Waals surface area contributed by atoms with Gasteiger partial charge in [0, 0.05) is 17.2 Å². The molecule has 0 aliphatic heterocycles. The Morgan fingerprint density at radius 3 is 2.19 bits per heavy atom. The van der Waals surface area contributed by atoms with E-state index < -0.39 is 33.8 Å². The largest absolute Gasteiger partial charge is 0.480 e. The second kappa shape index (κ2) is 9.59. The van der Waals surface area contributed by atoms with Gasteiger partial charge < -0.3 is 9.63 Å². The van der Waals surface area contributed by atoms with Crippen LogP contribution in [0.1, 0.15) is 12.5 Å². The quantitative estimate of drug-likeness (QED) is 0.338. The SMILES string of the molecule is CC(NS(=O)(=O)c1ccc(-c2cc(-c3ccc(-c4ccccc4)c(C(F)(F)F)c3)on2)cc1)C(=O)O. The molecule has 0 saturated carbocycles. The van der Waals surface area contributed by atoms with Crippen molar-refractivity contribution >= 4 is 16.0 Å². The summed E-state index contributed by atoms with van der Waals surface area (Å²) >= 11 is 0. The maximum atomic E-state index is 13.8. The fourth-order valence-electron chi connectivity index (χ4n) is 3.50. The van der Waals surface area contributed by atoms with Gasteiger partial charge in [-0.3, -0.25) is 4.79 Å². The second-order valence-electron chi connectivity index (χ2n) is 7.91. The smallest absolute Gasteiger partial charge is 0.417 e. The molecule has 3 aromatic carbocycles. The number of hydrogen-bond donors (Lipinski definition) is 2. The van der Waals surface area contributed by atoms with E-state index in [1.54, 1.807) is 30.3 Å². The summed E-state index contributed by atoms with van der Waals surface area (Å²) in [5.41, 5.74) is 0.549. The molecule has 0 radical (unpaired) electrons. The zero-order chi connectivity index (χ0) is 26.1. The zero-order valence-electron chi connectivity index (χ0n) is 18.7. The molecule has 1 unspecified atom stereocenters. The summed E-state index contributed by atoms with van der Waals surface area (Å²) in [5, 5.41) is 12.8. The first-order valence-corrected chi connectivity index (χ1v) is 12.0. The summed E-state index contributed by atoms with van der Waals surface area (Å²) in [7, 11) is -4.07. The van der Waals surface area contributed by atoms with Crippen molar-refractivity contribution in [2.45, 2.75) is 24.0 Å². The molecular formula is C25H19F3N2O5S. The summed E-state index contributed by atoms with van der Waals surface area (Å²) in [6.07, 6.45) is -4.60. The highest BCUT2D eigenvalue weighted by Gasteiger charge is 2.34. The minimum absolute atomic E-state index is 0.0363. The molecule has 2 N–H and O–H groups in total. The van der Waals surface area contributed by atoms with Crippen LogP contribution < -0.4 is 4.72 Å². The zero-order valence-corrected chi connectivity index (χ0v) is 19.5. The molecule has 7 nitrogen and oxygen atoms in total. The molecular weight excluding hydrogens is 497 g/mol. The van der Waals surface area contributed by atoms with E-state index in [4.69, 9.17) is 9.63 Å². The number of hydrogen-bond acceptors (Lipinski definition) is 5. The Morgan fingerprint density at radius 2 is 1.58 bits per heavy atom. The van der Waals surface area contributed by atoms with Crippen LogP contribution in [0.3, 0.4) is 0 Å². The van der Waals surface area contributed by atoms with Gasteiger partial charge in [0.2, 0.25) is 10.0 Å². The number of nitrogens with zero attached hydrogens (tertiary/aromatic N) is 1. The number of carbonyl (C=O) groups is 1. The van der Waals surface area contributed by atoms with Crippen molar-refractivity contribution in [2.75, 3.05) is 0 Å². The topological polar surface area (TPSA) is 110 Å². The monoisotopic (exact) mass is 516 g/mol. The number of alkyl halides is 3. The molecule has 1 heterocycles. The van der Waals surface area contributed by atoms with Crippen LogP contribution in [-0.2, 0) is 21.0 Å². The van der Waals surface area contributed by atoms with Crippen molar-refractivity contribution in [3.63, 3.8) is 0 Å². The minimum atomic E-state index is -4.60. The van der Waals surface area contributed by atoms with Gasteiger partial charge in [-0.15, -0.1) is 0 Å². The predicted molar refractivity (Wildman–Crippen MR) is 125 cm³/mol. The molecule has 4 aromatic rings. The number of aliphatic carboxylic acids is 1. The van der Waals surface area contributed by atoms with Crippen molar-refractivity contribution in [1.29, 1.82) is 0 Å². The molecule has 0 spiro atoms. The molecule has 0 saturated heterocycles. The Hall–Kier alpha value is -3.96. The van der Waals surface area contributed by atoms with E-state index in [-0.39, 0.29) is 27.5 Å². The Balaban J connectivity index is 1.63. The van der Waals surface area contributed by atoms with Crippen LogP contribution in [0.25, 0.3) is 33.7 Å². The van der Waals surface area contributed by atoms with Crippen LogP contribution in [0.2, 0.25) is 0 Å². The molecule has 11 heteroatoms. The summed E-state index contributed by atoms with van der Waals surface area (Å²) < 4.78 is 73.4. The fourth-order valence-corrected chi connectivity index (χ4v) is 4.70. The van der Waals surface area contributed by atoms with Gasteiger partial charge in [-0.2, -0.15) is 17.9 Å². The summed E-state index contributed by atoms with van der Waals surface area (Å²) in [4.78, 5) is 10.8. The molecule has 0 fully saturated rings. The van der Waals surface area contributed by atoms with Crippen molar-refractivity contribution in [3.05, 3.63) is 84.4 Å². The Bertz CT molecular complexity index is 1500. The average molecular weight is 516 g/mol. The third-order valence-electron chi connectivity index (χ3n) is 5.37. The van der Waals surface area contributed by atoms with Gasteiger partial charge in [0.25, 0.3) is 0 Å². The molecule has 1 aromatic heterocycles. The van der Waals surface area contributed by atoms with Crippen molar-refractivity contribution in [1.82, 2.24) is 9.88 Å². The first-order chi connectivity index (χ1) is 17.0. The highest BCUT2D eigenvalue weighted by molar-refractivity contribution is 7.89. The van der Waals surface area contributed by atoms with E-state index in [9.17, 15) is 26.4 Å². The molecule has 0 amide bonds. The average Bonchev–Trinajstić information content (AvgIpc) is 3.34. The lowest BCUT2D eigenvalue weighted by molar-refractivity contribution is -0.138. The number of benzene rings is 3. The Kier molecular flexibility index (Phi) is 6.70. The molecule has 4 rings (SSSR count). The molecule has 186 valence electrons. The van der Waals surface area contributed by atoms with Gasteiger partial charge in [-0.05, 0) is 36.2 Å². The van der Waals surface area contributed by atoms with Gasteiger partial charge in [0.1, 0.15) is 11.7 Å². The highest BCUT2D eigenvalue weighted by Crippen LogP contribution is 2.40. The first-order valence-electron chi connectivity index (χ1n) is 10.5. The summed E-state index contributed by atoms with van der Waals surface area (Å²) in [5.74, 6) is -1.22. The van der Waals surface area contributed by atoms with Crippen LogP contribution in [-0.4, -0.2) is 30.7 Å². The normalized spacial score (nSPS) is 12.9. The highest BCUT2D eigenvalue weighted by atomic mass is 32.2. The third kappa shape index (κ3) is 5.31. The third-order valence-corrected chi connectivity index (χ3v) is 6.92.